The maximum Gasteiger partial charge on any atom is 0.228 e. The van der Waals surface area contributed by atoms with Crippen LogP contribution in [0.1, 0.15) is 12.0 Å². The highest BCUT2D eigenvalue weighted by molar-refractivity contribution is 6.31. The second-order valence-corrected chi connectivity index (χ2v) is 4.38. The van der Waals surface area contributed by atoms with Crippen molar-refractivity contribution in [3.8, 4) is 6.07 Å². The van der Waals surface area contributed by atoms with Crippen LogP contribution >= 0.6 is 11.6 Å². The average molecular weight is 235 g/mol. The molecular formula is C12H11ClN2O. The molecule has 1 aliphatic heterocycles. The minimum Gasteiger partial charge on any atom is -0.311 e. The summed E-state index contributed by atoms with van der Waals surface area (Å²) in [5, 5.41) is 9.44. The quantitative estimate of drug-likeness (QED) is 0.750. The van der Waals surface area contributed by atoms with Crippen LogP contribution in [-0.2, 0) is 4.79 Å². The van der Waals surface area contributed by atoms with Gasteiger partial charge in [-0.1, -0.05) is 17.7 Å². The minimum absolute atomic E-state index is 0.00790. The Bertz CT molecular complexity index is 478. The smallest absolute Gasteiger partial charge is 0.228 e. The Morgan fingerprint density at radius 1 is 1.56 bits per heavy atom. The maximum absolute atomic E-state index is 11.7. The highest BCUT2D eigenvalue weighted by atomic mass is 35.5. The predicted octanol–water partition coefficient (Wildman–Crippen LogP) is 2.52. The number of rotatable bonds is 1. The first kappa shape index (κ1) is 11.0. The zero-order valence-corrected chi connectivity index (χ0v) is 9.66. The summed E-state index contributed by atoms with van der Waals surface area (Å²) in [5.74, 6) is -0.209. The molecule has 0 aromatic heterocycles. The van der Waals surface area contributed by atoms with Gasteiger partial charge in [-0.3, -0.25) is 4.79 Å². The van der Waals surface area contributed by atoms with Crippen molar-refractivity contribution < 1.29 is 4.79 Å². The van der Waals surface area contributed by atoms with Crippen LogP contribution < -0.4 is 4.90 Å². The van der Waals surface area contributed by atoms with Crippen LogP contribution in [0.25, 0.3) is 0 Å². The van der Waals surface area contributed by atoms with Gasteiger partial charge >= 0.3 is 0 Å². The van der Waals surface area contributed by atoms with Crippen LogP contribution in [0.3, 0.4) is 0 Å². The van der Waals surface area contributed by atoms with E-state index in [0.717, 1.165) is 11.3 Å². The van der Waals surface area contributed by atoms with Gasteiger partial charge in [0.1, 0.15) is 0 Å². The highest BCUT2D eigenvalue weighted by Crippen LogP contribution is 2.28. The van der Waals surface area contributed by atoms with Gasteiger partial charge in [0.25, 0.3) is 0 Å². The van der Waals surface area contributed by atoms with Crippen molar-refractivity contribution in [1.82, 2.24) is 0 Å². The molecule has 1 unspecified atom stereocenters. The summed E-state index contributed by atoms with van der Waals surface area (Å²) in [5.41, 5.74) is 1.76. The third kappa shape index (κ3) is 1.89. The SMILES string of the molecule is Cc1ccc(N2CC(C#N)CC2=O)cc1Cl. The van der Waals surface area contributed by atoms with Crippen LogP contribution in [0.2, 0.25) is 5.02 Å². The molecule has 0 aliphatic carbocycles. The Labute approximate surface area is 99.2 Å². The molecule has 0 radical (unpaired) electrons. The van der Waals surface area contributed by atoms with Crippen LogP contribution in [0.5, 0.6) is 0 Å². The molecule has 1 saturated heterocycles. The standard InChI is InChI=1S/C12H11ClN2O/c1-8-2-3-10(5-11(8)13)15-7-9(6-14)4-12(15)16/h2-3,5,9H,4,7H2,1H3. The zero-order valence-electron chi connectivity index (χ0n) is 8.90. The van der Waals surface area contributed by atoms with Crippen LogP contribution in [-0.4, -0.2) is 12.5 Å². The normalized spacial score (nSPS) is 19.9. The van der Waals surface area contributed by atoms with Gasteiger partial charge in [-0.2, -0.15) is 5.26 Å². The number of halogens is 1. The highest BCUT2D eigenvalue weighted by Gasteiger charge is 2.30. The van der Waals surface area contributed by atoms with Gasteiger partial charge in [-0.15, -0.1) is 0 Å². The number of benzene rings is 1. The van der Waals surface area contributed by atoms with Crippen LogP contribution in [0.15, 0.2) is 18.2 Å². The largest absolute Gasteiger partial charge is 0.311 e. The Balaban J connectivity index is 2.29. The zero-order chi connectivity index (χ0) is 11.7. The van der Waals surface area contributed by atoms with E-state index in [-0.39, 0.29) is 11.8 Å². The molecule has 1 aromatic rings. The first-order valence-electron chi connectivity index (χ1n) is 5.08. The minimum atomic E-state index is -0.201. The Morgan fingerprint density at radius 2 is 2.31 bits per heavy atom. The van der Waals surface area contributed by atoms with Gasteiger partial charge in [0.2, 0.25) is 5.91 Å². The van der Waals surface area contributed by atoms with E-state index in [0.29, 0.717) is 18.0 Å². The second-order valence-electron chi connectivity index (χ2n) is 3.97. The summed E-state index contributed by atoms with van der Waals surface area (Å²) < 4.78 is 0. The Morgan fingerprint density at radius 3 is 2.88 bits per heavy atom. The van der Waals surface area contributed by atoms with Crippen molar-refractivity contribution in [2.45, 2.75) is 13.3 Å². The number of carbonyl (C=O) groups excluding carboxylic acids is 1. The fourth-order valence-corrected chi connectivity index (χ4v) is 1.97. The molecule has 0 saturated carbocycles. The van der Waals surface area contributed by atoms with Crippen LogP contribution in [0, 0.1) is 24.2 Å². The lowest BCUT2D eigenvalue weighted by atomic mass is 10.1. The molecule has 1 heterocycles. The van der Waals surface area contributed by atoms with E-state index in [9.17, 15) is 4.79 Å². The van der Waals surface area contributed by atoms with Crippen LogP contribution in [0.4, 0.5) is 5.69 Å². The average Bonchev–Trinajstić information content (AvgIpc) is 2.64. The number of hydrogen-bond donors (Lipinski definition) is 0. The van der Waals surface area contributed by atoms with E-state index < -0.39 is 0 Å². The topological polar surface area (TPSA) is 44.1 Å². The van der Waals surface area contributed by atoms with E-state index in [1.807, 2.05) is 19.1 Å². The number of aryl methyl sites for hydroxylation is 1. The van der Waals surface area contributed by atoms with Crippen molar-refractivity contribution in [2.75, 3.05) is 11.4 Å². The van der Waals surface area contributed by atoms with Gasteiger partial charge < -0.3 is 4.90 Å². The lowest BCUT2D eigenvalue weighted by Crippen LogP contribution is -2.24. The molecule has 82 valence electrons. The number of amides is 1. The van der Waals surface area contributed by atoms with Gasteiger partial charge in [0.05, 0.1) is 12.0 Å². The number of carbonyl (C=O) groups is 1. The second kappa shape index (κ2) is 4.15. The molecule has 16 heavy (non-hydrogen) atoms. The van der Waals surface area contributed by atoms with E-state index in [1.165, 1.54) is 0 Å². The molecule has 1 amide bonds. The summed E-state index contributed by atoms with van der Waals surface area (Å²) in [6.07, 6.45) is 0.308. The fraction of sp³-hybridized carbons (Fsp3) is 0.333. The Hall–Kier alpha value is -1.53. The summed E-state index contributed by atoms with van der Waals surface area (Å²) in [7, 11) is 0. The lowest BCUT2D eigenvalue weighted by Gasteiger charge is -2.16. The molecular weight excluding hydrogens is 224 g/mol. The molecule has 1 fully saturated rings. The van der Waals surface area contributed by atoms with Gasteiger partial charge in [-0.25, -0.2) is 0 Å². The summed E-state index contributed by atoms with van der Waals surface area (Å²) in [6, 6.07) is 7.64. The first-order chi connectivity index (χ1) is 7.61. The number of nitrogens with zero attached hydrogens (tertiary/aromatic N) is 2. The van der Waals surface area contributed by atoms with Crippen molar-refractivity contribution in [3.63, 3.8) is 0 Å². The fourth-order valence-electron chi connectivity index (χ4n) is 1.79. The molecule has 2 rings (SSSR count). The molecule has 3 nitrogen and oxygen atoms in total. The Kier molecular flexibility index (Phi) is 2.84. The van der Waals surface area contributed by atoms with E-state index in [4.69, 9.17) is 16.9 Å². The molecule has 0 N–H and O–H groups in total. The van der Waals surface area contributed by atoms with Crippen molar-refractivity contribution in [3.05, 3.63) is 28.8 Å². The maximum atomic E-state index is 11.7. The van der Waals surface area contributed by atoms with Gasteiger partial charge in [0.15, 0.2) is 0 Å². The number of anilines is 1. The molecule has 4 heteroatoms. The van der Waals surface area contributed by atoms with Gasteiger partial charge in [0, 0.05) is 23.7 Å². The monoisotopic (exact) mass is 234 g/mol. The number of nitriles is 1. The van der Waals surface area contributed by atoms with E-state index in [1.54, 1.807) is 11.0 Å². The first-order valence-corrected chi connectivity index (χ1v) is 5.45. The third-order valence-corrected chi connectivity index (χ3v) is 3.18. The summed E-state index contributed by atoms with van der Waals surface area (Å²) in [6.45, 7) is 2.38. The summed E-state index contributed by atoms with van der Waals surface area (Å²) >= 11 is 6.01. The molecule has 0 bridgehead atoms. The van der Waals surface area contributed by atoms with Gasteiger partial charge in [-0.05, 0) is 24.6 Å². The lowest BCUT2D eigenvalue weighted by molar-refractivity contribution is -0.117. The van der Waals surface area contributed by atoms with Crippen molar-refractivity contribution >= 4 is 23.2 Å². The predicted molar refractivity (Wildman–Crippen MR) is 62.3 cm³/mol. The third-order valence-electron chi connectivity index (χ3n) is 2.77. The molecule has 0 spiro atoms. The van der Waals surface area contributed by atoms with Crippen molar-refractivity contribution in [1.29, 1.82) is 5.26 Å². The molecule has 1 atom stereocenters. The van der Waals surface area contributed by atoms with E-state index in [2.05, 4.69) is 6.07 Å². The molecule has 1 aromatic carbocycles. The molecule has 1 aliphatic rings. The summed E-state index contributed by atoms with van der Waals surface area (Å²) in [4.78, 5) is 13.3. The number of hydrogen-bond acceptors (Lipinski definition) is 2. The van der Waals surface area contributed by atoms with Crippen molar-refractivity contribution in [2.24, 2.45) is 5.92 Å². The van der Waals surface area contributed by atoms with E-state index >= 15 is 0 Å².